The van der Waals surface area contributed by atoms with E-state index in [0.717, 1.165) is 17.9 Å². The average Bonchev–Trinajstić information content (AvgIpc) is 2.40. The lowest BCUT2D eigenvalue weighted by Crippen LogP contribution is -2.42. The average molecular weight is 330 g/mol. The van der Waals surface area contributed by atoms with Crippen LogP contribution in [0.15, 0.2) is 17.2 Å². The van der Waals surface area contributed by atoms with E-state index in [2.05, 4.69) is 10.2 Å². The molecule has 21 heavy (non-hydrogen) atoms. The van der Waals surface area contributed by atoms with Gasteiger partial charge in [0.15, 0.2) is 5.15 Å². The van der Waals surface area contributed by atoms with Gasteiger partial charge in [0.1, 0.15) is 10.6 Å². The number of hydrogen-bond acceptors (Lipinski definition) is 5. The molecule has 0 saturated carbocycles. The predicted octanol–water partition coefficient (Wildman–Crippen LogP) is 3.62. The van der Waals surface area contributed by atoms with Crippen LogP contribution in [0, 0.1) is 0 Å². The molecule has 1 fully saturated rings. The zero-order chi connectivity index (χ0) is 15.5. The summed E-state index contributed by atoms with van der Waals surface area (Å²) >= 11 is 7.41. The van der Waals surface area contributed by atoms with Crippen molar-refractivity contribution in [2.45, 2.75) is 49.5 Å². The Hall–Kier alpha value is -1.01. The molecule has 1 amide bonds. The first-order chi connectivity index (χ1) is 9.83. The van der Waals surface area contributed by atoms with Crippen LogP contribution >= 0.6 is 23.4 Å². The molecule has 5 nitrogen and oxygen atoms in total. The number of likely N-dealkylation sites (tertiary alicyclic amines) is 1. The van der Waals surface area contributed by atoms with Gasteiger partial charge < -0.3 is 9.64 Å². The molecule has 0 aliphatic carbocycles. The summed E-state index contributed by atoms with van der Waals surface area (Å²) in [6.07, 6.45) is 1.62. The molecule has 1 aromatic heterocycles. The predicted molar refractivity (Wildman–Crippen MR) is 83.7 cm³/mol. The second-order valence-corrected chi connectivity index (χ2v) is 7.69. The molecule has 0 spiro atoms. The van der Waals surface area contributed by atoms with Gasteiger partial charge >= 0.3 is 6.09 Å². The van der Waals surface area contributed by atoms with Crippen molar-refractivity contribution >= 4 is 29.5 Å². The molecule has 1 aliphatic heterocycles. The molecule has 0 atom stereocenters. The molecule has 2 rings (SSSR count). The maximum atomic E-state index is 12.0. The van der Waals surface area contributed by atoms with Crippen molar-refractivity contribution in [2.24, 2.45) is 0 Å². The highest BCUT2D eigenvalue weighted by Crippen LogP contribution is 2.29. The van der Waals surface area contributed by atoms with Crippen molar-refractivity contribution in [2.75, 3.05) is 13.1 Å². The molecule has 7 heteroatoms. The van der Waals surface area contributed by atoms with Gasteiger partial charge in [-0.05, 0) is 45.7 Å². The lowest BCUT2D eigenvalue weighted by molar-refractivity contribution is 0.0219. The third kappa shape index (κ3) is 5.36. The quantitative estimate of drug-likeness (QED) is 0.829. The lowest BCUT2D eigenvalue weighted by Gasteiger charge is -2.33. The third-order valence-corrected chi connectivity index (χ3v) is 4.45. The zero-order valence-corrected chi connectivity index (χ0v) is 14.1. The van der Waals surface area contributed by atoms with Crippen molar-refractivity contribution in [1.29, 1.82) is 0 Å². The van der Waals surface area contributed by atoms with Crippen LogP contribution in [-0.2, 0) is 4.74 Å². The Bertz CT molecular complexity index is 482. The molecular formula is C14H20ClN3O2S. The zero-order valence-electron chi connectivity index (χ0n) is 12.5. The topological polar surface area (TPSA) is 55.3 Å². The number of halogens is 1. The summed E-state index contributed by atoms with van der Waals surface area (Å²) < 4.78 is 5.39. The summed E-state index contributed by atoms with van der Waals surface area (Å²) in [6.45, 7) is 7.08. The maximum absolute atomic E-state index is 12.0. The van der Waals surface area contributed by atoms with E-state index in [1.54, 1.807) is 22.7 Å². The number of hydrogen-bond donors (Lipinski definition) is 0. The van der Waals surface area contributed by atoms with Crippen molar-refractivity contribution < 1.29 is 9.53 Å². The fourth-order valence-corrected chi connectivity index (χ4v) is 3.14. The molecule has 0 aromatic carbocycles. The SMILES string of the molecule is CC(C)(C)OC(=O)N1CCC(Sc2ccc(Cl)nn2)CC1. The summed E-state index contributed by atoms with van der Waals surface area (Å²) in [7, 11) is 0. The number of carbonyl (C=O) groups excluding carboxylic acids is 1. The van der Waals surface area contributed by atoms with Crippen molar-refractivity contribution in [3.63, 3.8) is 0 Å². The van der Waals surface area contributed by atoms with E-state index in [-0.39, 0.29) is 6.09 Å². The fraction of sp³-hybridized carbons (Fsp3) is 0.643. The number of aromatic nitrogens is 2. The minimum absolute atomic E-state index is 0.225. The van der Waals surface area contributed by atoms with Gasteiger partial charge in [0.2, 0.25) is 0 Å². The number of piperidine rings is 1. The molecule has 116 valence electrons. The minimum atomic E-state index is -0.443. The Balaban J connectivity index is 1.80. The van der Waals surface area contributed by atoms with Crippen LogP contribution in [0.2, 0.25) is 5.15 Å². The highest BCUT2D eigenvalue weighted by Gasteiger charge is 2.27. The highest BCUT2D eigenvalue weighted by atomic mass is 35.5. The Kier molecular flexibility index (Phi) is 5.32. The van der Waals surface area contributed by atoms with Crippen LogP contribution in [0.4, 0.5) is 4.79 Å². The van der Waals surface area contributed by atoms with E-state index < -0.39 is 5.60 Å². The smallest absolute Gasteiger partial charge is 0.410 e. The van der Waals surface area contributed by atoms with Crippen LogP contribution in [0.1, 0.15) is 33.6 Å². The molecule has 2 heterocycles. The van der Waals surface area contributed by atoms with Crippen LogP contribution < -0.4 is 0 Å². The van der Waals surface area contributed by atoms with Gasteiger partial charge in [-0.3, -0.25) is 0 Å². The number of carbonyl (C=O) groups is 1. The largest absolute Gasteiger partial charge is 0.444 e. The van der Waals surface area contributed by atoms with Gasteiger partial charge in [0.05, 0.1) is 0 Å². The number of thioether (sulfide) groups is 1. The van der Waals surface area contributed by atoms with Crippen molar-refractivity contribution in [1.82, 2.24) is 15.1 Å². The van der Waals surface area contributed by atoms with Crippen molar-refractivity contribution in [3.8, 4) is 0 Å². The second kappa shape index (κ2) is 6.83. The Morgan fingerprint density at radius 1 is 1.33 bits per heavy atom. The lowest BCUT2D eigenvalue weighted by atomic mass is 10.1. The Morgan fingerprint density at radius 3 is 2.52 bits per heavy atom. The van der Waals surface area contributed by atoms with E-state index >= 15 is 0 Å². The third-order valence-electron chi connectivity index (χ3n) is 2.99. The number of nitrogens with zero attached hydrogens (tertiary/aromatic N) is 3. The van der Waals surface area contributed by atoms with E-state index in [1.807, 2.05) is 26.8 Å². The van der Waals surface area contributed by atoms with Gasteiger partial charge in [-0.15, -0.1) is 22.0 Å². The van der Waals surface area contributed by atoms with Crippen LogP contribution in [-0.4, -0.2) is 45.1 Å². The van der Waals surface area contributed by atoms with E-state index in [4.69, 9.17) is 16.3 Å². The number of ether oxygens (including phenoxy) is 1. The first-order valence-electron chi connectivity index (χ1n) is 6.97. The molecule has 1 saturated heterocycles. The molecule has 0 unspecified atom stereocenters. The number of amides is 1. The Morgan fingerprint density at radius 2 is 2.00 bits per heavy atom. The standard InChI is InChI=1S/C14H20ClN3O2S/c1-14(2,3)20-13(19)18-8-6-10(7-9-18)21-12-5-4-11(15)16-17-12/h4-5,10H,6-9H2,1-3H3. The normalized spacial score (nSPS) is 16.9. The summed E-state index contributed by atoms with van der Waals surface area (Å²) in [4.78, 5) is 13.7. The van der Waals surface area contributed by atoms with Crippen molar-refractivity contribution in [3.05, 3.63) is 17.3 Å². The van der Waals surface area contributed by atoms with Gasteiger partial charge in [0, 0.05) is 18.3 Å². The molecular weight excluding hydrogens is 310 g/mol. The summed E-state index contributed by atoms with van der Waals surface area (Å²) in [5.74, 6) is 0. The monoisotopic (exact) mass is 329 g/mol. The molecule has 0 radical (unpaired) electrons. The van der Waals surface area contributed by atoms with Crippen LogP contribution in [0.3, 0.4) is 0 Å². The first-order valence-corrected chi connectivity index (χ1v) is 8.23. The van der Waals surface area contributed by atoms with E-state index in [9.17, 15) is 4.79 Å². The van der Waals surface area contributed by atoms with Gasteiger partial charge in [-0.2, -0.15) is 0 Å². The Labute approximate surface area is 134 Å². The molecule has 0 bridgehead atoms. The van der Waals surface area contributed by atoms with Gasteiger partial charge in [0.25, 0.3) is 0 Å². The maximum Gasteiger partial charge on any atom is 0.410 e. The van der Waals surface area contributed by atoms with Crippen LogP contribution in [0.25, 0.3) is 0 Å². The summed E-state index contributed by atoms with van der Waals surface area (Å²) in [5, 5.41) is 9.61. The first kappa shape index (κ1) is 16.4. The minimum Gasteiger partial charge on any atom is -0.444 e. The molecule has 1 aromatic rings. The van der Waals surface area contributed by atoms with E-state index in [0.29, 0.717) is 23.5 Å². The molecule has 0 N–H and O–H groups in total. The van der Waals surface area contributed by atoms with Crippen LogP contribution in [0.5, 0.6) is 0 Å². The summed E-state index contributed by atoms with van der Waals surface area (Å²) in [6, 6.07) is 3.62. The second-order valence-electron chi connectivity index (χ2n) is 5.98. The fourth-order valence-electron chi connectivity index (χ4n) is 2.02. The van der Waals surface area contributed by atoms with Gasteiger partial charge in [-0.1, -0.05) is 11.6 Å². The number of rotatable bonds is 2. The summed E-state index contributed by atoms with van der Waals surface area (Å²) in [5.41, 5.74) is -0.443. The molecule has 1 aliphatic rings. The van der Waals surface area contributed by atoms with E-state index in [1.165, 1.54) is 0 Å². The highest BCUT2D eigenvalue weighted by molar-refractivity contribution is 7.99. The van der Waals surface area contributed by atoms with Gasteiger partial charge in [-0.25, -0.2) is 4.79 Å².